The van der Waals surface area contributed by atoms with E-state index in [-0.39, 0.29) is 5.75 Å². The molecule has 1 fully saturated rings. The van der Waals surface area contributed by atoms with Gasteiger partial charge in [0.15, 0.2) is 23.0 Å². The molecule has 1 aliphatic heterocycles. The largest absolute Gasteiger partial charge is 0.504 e. The van der Waals surface area contributed by atoms with Crippen molar-refractivity contribution in [1.29, 1.82) is 0 Å². The number of benzene rings is 2. The van der Waals surface area contributed by atoms with Crippen LogP contribution in [0.2, 0.25) is 0 Å². The van der Waals surface area contributed by atoms with Crippen LogP contribution in [0, 0.1) is 0 Å². The average Bonchev–Trinajstić information content (AvgIpc) is 2.77. The third-order valence-corrected chi connectivity index (χ3v) is 5.95. The second-order valence-corrected chi connectivity index (χ2v) is 7.96. The number of rotatable bonds is 9. The first-order chi connectivity index (χ1) is 14.5. The maximum Gasteiger partial charge on any atom is 0.160 e. The number of phenols is 1. The number of piperidine rings is 1. The van der Waals surface area contributed by atoms with Crippen molar-refractivity contribution in [1.82, 2.24) is 9.80 Å². The number of nitrogens with zero attached hydrogens (tertiary/aromatic N) is 2. The molecule has 2 aromatic rings. The van der Waals surface area contributed by atoms with E-state index in [4.69, 9.17) is 14.2 Å². The molecule has 1 heterocycles. The Kier molecular flexibility index (Phi) is 7.82. The Bertz CT molecular complexity index is 827. The number of hydrogen-bond donors (Lipinski definition) is 1. The Morgan fingerprint density at radius 2 is 1.67 bits per heavy atom. The van der Waals surface area contributed by atoms with Gasteiger partial charge in [-0.05, 0) is 68.2 Å². The molecule has 0 radical (unpaired) electrons. The number of methoxy groups -OCH3 is 3. The van der Waals surface area contributed by atoms with E-state index in [2.05, 4.69) is 29.0 Å². The molecule has 2 aromatic carbocycles. The van der Waals surface area contributed by atoms with E-state index in [1.54, 1.807) is 21.3 Å². The second kappa shape index (κ2) is 10.5. The van der Waals surface area contributed by atoms with E-state index in [0.717, 1.165) is 49.7 Å². The van der Waals surface area contributed by atoms with Gasteiger partial charge in [-0.15, -0.1) is 0 Å². The molecule has 164 valence electrons. The number of ether oxygens (including phenoxy) is 3. The lowest BCUT2D eigenvalue weighted by atomic mass is 10.0. The number of likely N-dealkylation sites (tertiary alicyclic amines) is 1. The second-order valence-electron chi connectivity index (χ2n) is 7.96. The van der Waals surface area contributed by atoms with Crippen LogP contribution in [-0.2, 0) is 13.0 Å². The summed E-state index contributed by atoms with van der Waals surface area (Å²) >= 11 is 0. The summed E-state index contributed by atoms with van der Waals surface area (Å²) in [6, 6.07) is 12.4. The fourth-order valence-corrected chi connectivity index (χ4v) is 4.15. The molecule has 0 aliphatic carbocycles. The Morgan fingerprint density at radius 3 is 2.37 bits per heavy atom. The van der Waals surface area contributed by atoms with Gasteiger partial charge in [-0.2, -0.15) is 0 Å². The minimum Gasteiger partial charge on any atom is -0.504 e. The van der Waals surface area contributed by atoms with Crippen molar-refractivity contribution in [3.8, 4) is 23.0 Å². The summed E-state index contributed by atoms with van der Waals surface area (Å²) in [5, 5.41) is 10.0. The lowest BCUT2D eigenvalue weighted by Crippen LogP contribution is -2.46. The fraction of sp³-hybridized carbons (Fsp3) is 0.500. The van der Waals surface area contributed by atoms with E-state index >= 15 is 0 Å². The minimum absolute atomic E-state index is 0.204. The smallest absolute Gasteiger partial charge is 0.160 e. The summed E-state index contributed by atoms with van der Waals surface area (Å²) in [5.74, 6) is 2.27. The van der Waals surface area contributed by atoms with Crippen molar-refractivity contribution >= 4 is 0 Å². The molecule has 0 spiro atoms. The van der Waals surface area contributed by atoms with E-state index < -0.39 is 0 Å². The van der Waals surface area contributed by atoms with E-state index in [9.17, 15) is 5.11 Å². The zero-order valence-electron chi connectivity index (χ0n) is 18.6. The zero-order chi connectivity index (χ0) is 21.5. The highest BCUT2D eigenvalue weighted by atomic mass is 16.5. The van der Waals surface area contributed by atoms with Crippen LogP contribution in [0.4, 0.5) is 0 Å². The lowest BCUT2D eigenvalue weighted by molar-refractivity contribution is 0.112. The maximum absolute atomic E-state index is 10.0. The van der Waals surface area contributed by atoms with Crippen LogP contribution >= 0.6 is 0 Å². The Labute approximate surface area is 180 Å². The van der Waals surface area contributed by atoms with Gasteiger partial charge in [0.2, 0.25) is 0 Å². The maximum atomic E-state index is 10.0. The molecular weight excluding hydrogens is 380 g/mol. The van der Waals surface area contributed by atoms with Crippen LogP contribution in [0.25, 0.3) is 0 Å². The van der Waals surface area contributed by atoms with Gasteiger partial charge < -0.3 is 24.2 Å². The molecule has 1 saturated heterocycles. The van der Waals surface area contributed by atoms with Crippen LogP contribution in [0.15, 0.2) is 36.4 Å². The first-order valence-corrected chi connectivity index (χ1v) is 10.5. The summed E-state index contributed by atoms with van der Waals surface area (Å²) in [6.45, 7) is 3.97. The molecule has 6 nitrogen and oxygen atoms in total. The quantitative estimate of drug-likeness (QED) is 0.677. The van der Waals surface area contributed by atoms with Gasteiger partial charge >= 0.3 is 0 Å². The molecule has 0 saturated carbocycles. The molecule has 0 unspecified atom stereocenters. The van der Waals surface area contributed by atoms with E-state index in [1.807, 2.05) is 24.3 Å². The van der Waals surface area contributed by atoms with Gasteiger partial charge in [0.25, 0.3) is 0 Å². The van der Waals surface area contributed by atoms with Gasteiger partial charge in [0.05, 0.1) is 21.3 Å². The number of likely N-dealkylation sites (N-methyl/N-ethyl adjacent to an activating group) is 1. The molecule has 30 heavy (non-hydrogen) atoms. The molecule has 1 N–H and O–H groups in total. The summed E-state index contributed by atoms with van der Waals surface area (Å²) in [6.07, 6.45) is 3.38. The normalized spacial score (nSPS) is 17.2. The third kappa shape index (κ3) is 5.58. The van der Waals surface area contributed by atoms with Gasteiger partial charge in [0.1, 0.15) is 0 Å². The fourth-order valence-electron chi connectivity index (χ4n) is 4.15. The van der Waals surface area contributed by atoms with Crippen LogP contribution in [-0.4, -0.2) is 69.0 Å². The number of phenolic OH excluding ortho intramolecular Hbond substituents is 1. The molecule has 1 aliphatic rings. The van der Waals surface area contributed by atoms with Crippen LogP contribution in [0.3, 0.4) is 0 Å². The lowest BCUT2D eigenvalue weighted by Gasteiger charge is -2.37. The molecular formula is C24H34N2O4. The molecule has 0 amide bonds. The molecule has 1 atom stereocenters. The van der Waals surface area contributed by atoms with Crippen LogP contribution in [0.5, 0.6) is 23.0 Å². The van der Waals surface area contributed by atoms with E-state index in [0.29, 0.717) is 11.8 Å². The standard InChI is InChI=1S/C24H34N2O4/c1-25(13-11-18-7-10-23(29-3)24(15-18)30-4)20-6-5-12-26(17-20)16-19-8-9-22(28-2)21(27)14-19/h7-10,14-15,20,27H,5-6,11-13,16-17H2,1-4H3/t20-/m0/s1. The first kappa shape index (κ1) is 22.2. The monoisotopic (exact) mass is 414 g/mol. The average molecular weight is 415 g/mol. The summed E-state index contributed by atoms with van der Waals surface area (Å²) < 4.78 is 15.9. The predicted octanol–water partition coefficient (Wildman–Crippen LogP) is 3.56. The van der Waals surface area contributed by atoms with Gasteiger partial charge in [0, 0.05) is 25.7 Å². The molecule has 6 heteroatoms. The summed E-state index contributed by atoms with van der Waals surface area (Å²) in [4.78, 5) is 4.94. The Hall–Kier alpha value is -2.44. The minimum atomic E-state index is 0.204. The number of hydrogen-bond acceptors (Lipinski definition) is 6. The van der Waals surface area contributed by atoms with Crippen molar-refractivity contribution < 1.29 is 19.3 Å². The predicted molar refractivity (Wildman–Crippen MR) is 119 cm³/mol. The topological polar surface area (TPSA) is 54.4 Å². The molecule has 0 bridgehead atoms. The zero-order valence-corrected chi connectivity index (χ0v) is 18.6. The third-order valence-electron chi connectivity index (χ3n) is 5.95. The van der Waals surface area contributed by atoms with Crippen molar-refractivity contribution in [2.45, 2.75) is 31.8 Å². The first-order valence-electron chi connectivity index (χ1n) is 10.5. The van der Waals surface area contributed by atoms with Crippen molar-refractivity contribution in [2.75, 3.05) is 48.0 Å². The number of aromatic hydroxyl groups is 1. The van der Waals surface area contributed by atoms with Gasteiger partial charge in [-0.25, -0.2) is 0 Å². The highest BCUT2D eigenvalue weighted by molar-refractivity contribution is 5.43. The Morgan fingerprint density at radius 1 is 0.967 bits per heavy atom. The van der Waals surface area contributed by atoms with Crippen LogP contribution in [0.1, 0.15) is 24.0 Å². The van der Waals surface area contributed by atoms with Crippen LogP contribution < -0.4 is 14.2 Å². The van der Waals surface area contributed by atoms with Gasteiger partial charge in [-0.1, -0.05) is 12.1 Å². The summed E-state index contributed by atoms with van der Waals surface area (Å²) in [7, 11) is 7.12. The highest BCUT2D eigenvalue weighted by Gasteiger charge is 2.23. The Balaban J connectivity index is 1.54. The SMILES string of the molecule is COc1ccc(CN2CCC[C@H](N(C)CCc3ccc(OC)c(OC)c3)C2)cc1O. The van der Waals surface area contributed by atoms with Crippen molar-refractivity contribution in [2.24, 2.45) is 0 Å². The highest BCUT2D eigenvalue weighted by Crippen LogP contribution is 2.29. The molecule has 3 rings (SSSR count). The summed E-state index contributed by atoms with van der Waals surface area (Å²) in [5.41, 5.74) is 2.36. The van der Waals surface area contributed by atoms with Crippen molar-refractivity contribution in [3.05, 3.63) is 47.5 Å². The van der Waals surface area contributed by atoms with Gasteiger partial charge in [-0.3, -0.25) is 4.90 Å². The van der Waals surface area contributed by atoms with Crippen molar-refractivity contribution in [3.63, 3.8) is 0 Å². The van der Waals surface area contributed by atoms with E-state index in [1.165, 1.54) is 18.4 Å². The molecule has 0 aromatic heterocycles.